The summed E-state index contributed by atoms with van der Waals surface area (Å²) < 4.78 is 65.9. The van der Waals surface area contributed by atoms with Gasteiger partial charge in [0.1, 0.15) is 6.54 Å². The van der Waals surface area contributed by atoms with Crippen molar-refractivity contribution < 1.29 is 26.7 Å². The Hall–Kier alpha value is -1.66. The first-order chi connectivity index (χ1) is 11.1. The van der Waals surface area contributed by atoms with Gasteiger partial charge in [-0.15, -0.1) is 0 Å². The van der Waals surface area contributed by atoms with Crippen LogP contribution in [0.2, 0.25) is 0 Å². The molecule has 0 aromatic heterocycles. The van der Waals surface area contributed by atoms with Gasteiger partial charge in [-0.25, -0.2) is 8.78 Å². The average Bonchev–Trinajstić information content (AvgIpc) is 2.61. The van der Waals surface area contributed by atoms with Gasteiger partial charge in [-0.05, 0) is 30.4 Å². The molecule has 2 nitrogen and oxygen atoms in total. The summed E-state index contributed by atoms with van der Waals surface area (Å²) in [4.78, 5) is 13.2. The molecule has 1 aromatic rings. The lowest BCUT2D eigenvalue weighted by Gasteiger charge is -2.28. The van der Waals surface area contributed by atoms with Gasteiger partial charge in [0.05, 0.1) is 0 Å². The third-order valence-corrected chi connectivity index (χ3v) is 4.49. The van der Waals surface area contributed by atoms with Crippen molar-refractivity contribution in [1.29, 1.82) is 0 Å². The molecule has 1 aliphatic heterocycles. The van der Waals surface area contributed by atoms with Crippen molar-refractivity contribution in [3.63, 3.8) is 0 Å². The summed E-state index contributed by atoms with van der Waals surface area (Å²) in [6.07, 6.45) is -3.85. The Balaban J connectivity index is 2.35. The maximum absolute atomic E-state index is 14.0. The van der Waals surface area contributed by atoms with Gasteiger partial charge in [-0.3, -0.25) is 4.79 Å². The largest absolute Gasteiger partial charge is 0.406 e. The summed E-state index contributed by atoms with van der Waals surface area (Å²) in [6, 6.07) is 3.66. The van der Waals surface area contributed by atoms with Gasteiger partial charge in [0.2, 0.25) is 5.91 Å². The number of hydrogen-bond donors (Lipinski definition) is 0. The molecule has 0 radical (unpaired) electrons. The van der Waals surface area contributed by atoms with E-state index in [0.29, 0.717) is 12.8 Å². The molecule has 1 aliphatic rings. The molecule has 1 saturated heterocycles. The number of carbonyl (C=O) groups excluding carboxylic acids is 1. The number of halogens is 5. The highest BCUT2D eigenvalue weighted by atomic mass is 19.4. The van der Waals surface area contributed by atoms with E-state index < -0.39 is 42.1 Å². The van der Waals surface area contributed by atoms with Crippen LogP contribution in [0.15, 0.2) is 18.2 Å². The van der Waals surface area contributed by atoms with Crippen molar-refractivity contribution in [3.8, 4) is 0 Å². The molecule has 0 aliphatic carbocycles. The summed E-state index contributed by atoms with van der Waals surface area (Å²) in [7, 11) is 0. The minimum Gasteiger partial charge on any atom is -0.333 e. The zero-order valence-corrected chi connectivity index (χ0v) is 13.5. The first-order valence-electron chi connectivity index (χ1n) is 7.89. The average molecular weight is 349 g/mol. The van der Waals surface area contributed by atoms with Gasteiger partial charge in [-0.2, -0.15) is 13.2 Å². The second-order valence-corrected chi connectivity index (χ2v) is 6.60. The Morgan fingerprint density at radius 3 is 2.46 bits per heavy atom. The summed E-state index contributed by atoms with van der Waals surface area (Å²) >= 11 is 0. The summed E-state index contributed by atoms with van der Waals surface area (Å²) in [6.45, 7) is 1.92. The Labute approximate surface area is 137 Å². The Morgan fingerprint density at radius 2 is 1.88 bits per heavy atom. The van der Waals surface area contributed by atoms with Crippen molar-refractivity contribution in [2.45, 2.75) is 38.8 Å². The van der Waals surface area contributed by atoms with E-state index in [4.69, 9.17) is 0 Å². The molecule has 1 aromatic carbocycles. The third-order valence-electron chi connectivity index (χ3n) is 4.49. The standard InChI is InChI=1S/C17H20F5NO/c1-10(2)12-7-6-11(13-4-3-5-14(18)15(13)19)8-23(16(12)24)9-17(20,21)22/h3-5,10-12H,6-9H2,1-2H3. The minimum absolute atomic E-state index is 0.0272. The molecular formula is C17H20F5NO. The van der Waals surface area contributed by atoms with Crippen molar-refractivity contribution in [2.24, 2.45) is 11.8 Å². The predicted octanol–water partition coefficient (Wildman–Crippen LogP) is 4.51. The van der Waals surface area contributed by atoms with E-state index in [1.54, 1.807) is 13.8 Å². The highest BCUT2D eigenvalue weighted by molar-refractivity contribution is 5.79. The summed E-state index contributed by atoms with van der Waals surface area (Å²) in [5.41, 5.74) is 0.0272. The number of nitrogens with zero attached hydrogens (tertiary/aromatic N) is 1. The number of alkyl halides is 3. The Kier molecular flexibility index (Phi) is 5.50. The van der Waals surface area contributed by atoms with E-state index >= 15 is 0 Å². The van der Waals surface area contributed by atoms with Crippen molar-refractivity contribution in [3.05, 3.63) is 35.4 Å². The second-order valence-electron chi connectivity index (χ2n) is 6.60. The molecule has 24 heavy (non-hydrogen) atoms. The Morgan fingerprint density at radius 1 is 1.21 bits per heavy atom. The van der Waals surface area contributed by atoms with E-state index in [2.05, 4.69) is 0 Å². The fourth-order valence-corrected chi connectivity index (χ4v) is 3.25. The maximum atomic E-state index is 14.0. The highest BCUT2D eigenvalue weighted by Crippen LogP contribution is 2.35. The summed E-state index contributed by atoms with van der Waals surface area (Å²) in [5, 5.41) is 0. The van der Waals surface area contributed by atoms with E-state index in [1.807, 2.05) is 0 Å². The van der Waals surface area contributed by atoms with Crippen LogP contribution in [0.5, 0.6) is 0 Å². The summed E-state index contributed by atoms with van der Waals surface area (Å²) in [5.74, 6) is -3.98. The molecule has 2 unspecified atom stereocenters. The van der Waals surface area contributed by atoms with Crippen LogP contribution in [-0.2, 0) is 4.79 Å². The topological polar surface area (TPSA) is 20.3 Å². The molecule has 7 heteroatoms. The molecule has 2 atom stereocenters. The van der Waals surface area contributed by atoms with Crippen LogP contribution in [0.3, 0.4) is 0 Å². The number of benzene rings is 1. The van der Waals surface area contributed by atoms with E-state index in [9.17, 15) is 26.7 Å². The SMILES string of the molecule is CC(C)C1CCC(c2cccc(F)c2F)CN(CC(F)(F)F)C1=O. The zero-order valence-electron chi connectivity index (χ0n) is 13.5. The number of rotatable bonds is 3. The molecule has 2 rings (SSSR count). The van der Waals surface area contributed by atoms with E-state index in [1.165, 1.54) is 12.1 Å². The number of likely N-dealkylation sites (tertiary alicyclic amines) is 1. The maximum Gasteiger partial charge on any atom is 0.406 e. The van der Waals surface area contributed by atoms with Crippen LogP contribution in [-0.4, -0.2) is 30.1 Å². The van der Waals surface area contributed by atoms with Crippen LogP contribution in [0.1, 0.15) is 38.2 Å². The zero-order chi connectivity index (χ0) is 18.1. The first kappa shape index (κ1) is 18.7. The van der Waals surface area contributed by atoms with E-state index in [-0.39, 0.29) is 18.0 Å². The monoisotopic (exact) mass is 349 g/mol. The lowest BCUT2D eigenvalue weighted by atomic mass is 9.87. The van der Waals surface area contributed by atoms with Crippen LogP contribution >= 0.6 is 0 Å². The van der Waals surface area contributed by atoms with Crippen LogP contribution < -0.4 is 0 Å². The fraction of sp³-hybridized carbons (Fsp3) is 0.588. The molecule has 1 heterocycles. The number of amides is 1. The number of hydrogen-bond acceptors (Lipinski definition) is 1. The minimum atomic E-state index is -4.54. The molecule has 0 N–H and O–H groups in total. The number of carbonyl (C=O) groups is 1. The lowest BCUT2D eigenvalue weighted by Crippen LogP contribution is -2.43. The second kappa shape index (κ2) is 7.07. The molecule has 134 valence electrons. The van der Waals surface area contributed by atoms with Crippen LogP contribution in [0.4, 0.5) is 22.0 Å². The van der Waals surface area contributed by atoms with Crippen LogP contribution in [0, 0.1) is 23.5 Å². The molecule has 0 saturated carbocycles. The third kappa shape index (κ3) is 4.24. The molecular weight excluding hydrogens is 329 g/mol. The van der Waals surface area contributed by atoms with Gasteiger partial charge in [0, 0.05) is 18.4 Å². The molecule has 1 fully saturated rings. The first-order valence-corrected chi connectivity index (χ1v) is 7.89. The van der Waals surface area contributed by atoms with Gasteiger partial charge < -0.3 is 4.90 Å². The van der Waals surface area contributed by atoms with Gasteiger partial charge in [0.15, 0.2) is 11.6 Å². The fourth-order valence-electron chi connectivity index (χ4n) is 3.25. The molecule has 0 bridgehead atoms. The van der Waals surface area contributed by atoms with Crippen molar-refractivity contribution in [2.75, 3.05) is 13.1 Å². The van der Waals surface area contributed by atoms with Gasteiger partial charge in [0.25, 0.3) is 0 Å². The van der Waals surface area contributed by atoms with Crippen molar-refractivity contribution >= 4 is 5.91 Å². The van der Waals surface area contributed by atoms with Crippen LogP contribution in [0.25, 0.3) is 0 Å². The van der Waals surface area contributed by atoms with E-state index in [0.717, 1.165) is 11.0 Å². The normalized spacial score (nSPS) is 22.8. The predicted molar refractivity (Wildman–Crippen MR) is 79.3 cm³/mol. The molecule has 0 spiro atoms. The smallest absolute Gasteiger partial charge is 0.333 e. The van der Waals surface area contributed by atoms with Crippen molar-refractivity contribution in [1.82, 2.24) is 4.90 Å². The lowest BCUT2D eigenvalue weighted by molar-refractivity contribution is -0.164. The molecule has 1 amide bonds. The highest BCUT2D eigenvalue weighted by Gasteiger charge is 2.39. The Bertz CT molecular complexity index is 599. The quantitative estimate of drug-likeness (QED) is 0.736. The van der Waals surface area contributed by atoms with Gasteiger partial charge >= 0.3 is 6.18 Å². The van der Waals surface area contributed by atoms with Gasteiger partial charge in [-0.1, -0.05) is 26.0 Å².